The molecule has 8 N–H and O–H groups in total. The van der Waals surface area contributed by atoms with E-state index in [1.807, 2.05) is 12.1 Å². The summed E-state index contributed by atoms with van der Waals surface area (Å²) in [4.78, 5) is -1.89. The van der Waals surface area contributed by atoms with E-state index < -0.39 is 52.2 Å². The number of hydrogen-bond donors (Lipinski definition) is 6. The molecule has 6 aromatic carbocycles. The summed E-state index contributed by atoms with van der Waals surface area (Å²) in [5.41, 5.74) is 14.3. The van der Waals surface area contributed by atoms with Crippen LogP contribution in [0.15, 0.2) is 150 Å². The quantitative estimate of drug-likeness (QED) is 0.0465. The normalized spacial score (nSPS) is 12.4. The molecule has 0 bridgehead atoms. The minimum absolute atomic E-state index is 0.122. The summed E-state index contributed by atoms with van der Waals surface area (Å²) in [7, 11) is -10.2. The number of hydrogen-bond acceptors (Lipinski definition) is 14. The summed E-state index contributed by atoms with van der Waals surface area (Å²) < 4.78 is 69.7. The van der Waals surface area contributed by atoms with Crippen molar-refractivity contribution in [1.82, 2.24) is 0 Å². The first-order chi connectivity index (χ1) is 24.7. The molecule has 0 saturated carbocycles. The molecule has 0 aliphatic heterocycles. The van der Waals surface area contributed by atoms with E-state index in [0.29, 0.717) is 28.8 Å². The van der Waals surface area contributed by atoms with Gasteiger partial charge in [-0.05, 0) is 96.1 Å². The number of nitrogen functional groups attached to an aromatic ring is 2. The summed E-state index contributed by atoms with van der Waals surface area (Å²) >= 11 is 0. The number of anilines is 2. The van der Waals surface area contributed by atoms with E-state index in [-0.39, 0.29) is 22.8 Å². The standard InChI is InChI=1S/C34H26N8O8S2/c35-21-5-11-24(12-6-21)39-41-28-18-29(51(45,46)47)27-17-30(52(48,49)50)33(34(44)31(27)32(28)36)42-40-23-9-3-20(4-10-23)19-1-7-22(8-2-19)37-38-25-13-15-26(43)16-14-25/h1-18,43-44H,35-36H2,(H,45,46,47)(H,48,49,50). The Morgan fingerprint density at radius 3 is 1.40 bits per heavy atom. The second kappa shape index (κ2) is 14.0. The first kappa shape index (κ1) is 35.2. The van der Waals surface area contributed by atoms with E-state index in [4.69, 9.17) is 11.5 Å². The molecular weight excluding hydrogens is 713 g/mol. The third kappa shape index (κ3) is 7.74. The number of azo groups is 3. The summed E-state index contributed by atoms with van der Waals surface area (Å²) in [6.07, 6.45) is 0. The highest BCUT2D eigenvalue weighted by Crippen LogP contribution is 2.48. The second-order valence-electron chi connectivity index (χ2n) is 11.1. The Kier molecular flexibility index (Phi) is 9.46. The van der Waals surface area contributed by atoms with Gasteiger partial charge in [0.2, 0.25) is 0 Å². The molecule has 18 heteroatoms. The molecule has 0 aliphatic rings. The van der Waals surface area contributed by atoms with E-state index in [0.717, 1.165) is 17.2 Å². The number of nitrogens with zero attached hydrogens (tertiary/aromatic N) is 6. The zero-order valence-corrected chi connectivity index (χ0v) is 28.1. The van der Waals surface area contributed by atoms with E-state index in [1.165, 1.54) is 24.3 Å². The average molecular weight is 739 g/mol. The highest BCUT2D eigenvalue weighted by molar-refractivity contribution is 7.86. The highest BCUT2D eigenvalue weighted by Gasteiger charge is 2.28. The van der Waals surface area contributed by atoms with Gasteiger partial charge in [0.05, 0.1) is 33.8 Å². The lowest BCUT2D eigenvalue weighted by atomic mass is 10.0. The maximum atomic E-state index is 12.4. The Morgan fingerprint density at radius 2 is 0.923 bits per heavy atom. The van der Waals surface area contributed by atoms with Crippen LogP contribution in [-0.4, -0.2) is 36.2 Å². The van der Waals surface area contributed by atoms with Crippen molar-refractivity contribution < 1.29 is 36.2 Å². The van der Waals surface area contributed by atoms with Crippen LogP contribution in [0.5, 0.6) is 11.5 Å². The van der Waals surface area contributed by atoms with Crippen molar-refractivity contribution >= 4 is 76.5 Å². The molecule has 0 fully saturated rings. The minimum Gasteiger partial charge on any atom is -0.508 e. The summed E-state index contributed by atoms with van der Waals surface area (Å²) in [6.45, 7) is 0. The average Bonchev–Trinajstić information content (AvgIpc) is 3.10. The predicted octanol–water partition coefficient (Wildman–Crippen LogP) is 8.82. The van der Waals surface area contributed by atoms with Crippen LogP contribution in [0.2, 0.25) is 0 Å². The molecular formula is C34H26N8O8S2. The Labute approximate surface area is 295 Å². The number of nitrogens with two attached hydrogens (primary N) is 2. The van der Waals surface area contributed by atoms with Gasteiger partial charge in [0.1, 0.15) is 26.9 Å². The molecule has 6 rings (SSSR count). The van der Waals surface area contributed by atoms with Crippen molar-refractivity contribution in [3.63, 3.8) is 0 Å². The molecule has 6 aromatic rings. The van der Waals surface area contributed by atoms with Gasteiger partial charge in [-0.25, -0.2) is 0 Å². The van der Waals surface area contributed by atoms with Crippen LogP contribution in [-0.2, 0) is 20.2 Å². The van der Waals surface area contributed by atoms with Gasteiger partial charge < -0.3 is 21.7 Å². The molecule has 0 atom stereocenters. The lowest BCUT2D eigenvalue weighted by molar-refractivity contribution is 0.471. The minimum atomic E-state index is -5.16. The molecule has 52 heavy (non-hydrogen) atoms. The molecule has 0 amide bonds. The first-order valence-electron chi connectivity index (χ1n) is 14.8. The van der Waals surface area contributed by atoms with Gasteiger partial charge in [-0.3, -0.25) is 9.11 Å². The van der Waals surface area contributed by atoms with E-state index >= 15 is 0 Å². The molecule has 0 saturated heterocycles. The van der Waals surface area contributed by atoms with Gasteiger partial charge in [0.15, 0.2) is 5.75 Å². The summed E-state index contributed by atoms with van der Waals surface area (Å²) in [5.74, 6) is -0.850. The van der Waals surface area contributed by atoms with Gasteiger partial charge in [-0.15, -0.1) is 10.2 Å². The Balaban J connectivity index is 1.35. The molecule has 0 aliphatic carbocycles. The van der Waals surface area contributed by atoms with Gasteiger partial charge in [0, 0.05) is 11.1 Å². The number of phenolic OH excluding ortho intramolecular Hbond substituents is 2. The van der Waals surface area contributed by atoms with Gasteiger partial charge in [0.25, 0.3) is 20.2 Å². The maximum Gasteiger partial charge on any atom is 0.296 e. The third-order valence-electron chi connectivity index (χ3n) is 7.50. The van der Waals surface area contributed by atoms with Crippen LogP contribution >= 0.6 is 0 Å². The maximum absolute atomic E-state index is 12.4. The van der Waals surface area contributed by atoms with Crippen LogP contribution in [0.25, 0.3) is 21.9 Å². The van der Waals surface area contributed by atoms with Crippen molar-refractivity contribution in [3.8, 4) is 22.6 Å². The fourth-order valence-corrected chi connectivity index (χ4v) is 6.28. The van der Waals surface area contributed by atoms with Crippen LogP contribution in [0.4, 0.5) is 45.5 Å². The van der Waals surface area contributed by atoms with E-state index in [2.05, 4.69) is 30.7 Å². The number of phenols is 2. The molecule has 0 radical (unpaired) electrons. The van der Waals surface area contributed by atoms with Gasteiger partial charge >= 0.3 is 0 Å². The lowest BCUT2D eigenvalue weighted by Gasteiger charge is -2.14. The smallest absolute Gasteiger partial charge is 0.296 e. The third-order valence-corrected chi connectivity index (χ3v) is 9.26. The van der Waals surface area contributed by atoms with Gasteiger partial charge in [-0.2, -0.15) is 37.3 Å². The molecule has 0 unspecified atom stereocenters. The fraction of sp³-hybridized carbons (Fsp3) is 0. The number of aromatic hydroxyl groups is 2. The molecule has 0 aromatic heterocycles. The second-order valence-corrected chi connectivity index (χ2v) is 13.8. The Bertz CT molecular complexity index is 2630. The molecule has 16 nitrogen and oxygen atoms in total. The van der Waals surface area contributed by atoms with Crippen molar-refractivity contribution in [2.75, 3.05) is 11.5 Å². The zero-order chi connectivity index (χ0) is 37.2. The van der Waals surface area contributed by atoms with Crippen molar-refractivity contribution in [3.05, 3.63) is 109 Å². The predicted molar refractivity (Wildman–Crippen MR) is 193 cm³/mol. The lowest BCUT2D eigenvalue weighted by Crippen LogP contribution is -2.04. The first-order valence-corrected chi connectivity index (χ1v) is 17.7. The largest absolute Gasteiger partial charge is 0.508 e. The van der Waals surface area contributed by atoms with Crippen molar-refractivity contribution in [2.24, 2.45) is 30.7 Å². The van der Waals surface area contributed by atoms with E-state index in [1.54, 1.807) is 60.7 Å². The van der Waals surface area contributed by atoms with Crippen LogP contribution < -0.4 is 11.5 Å². The van der Waals surface area contributed by atoms with Crippen molar-refractivity contribution in [1.29, 1.82) is 0 Å². The van der Waals surface area contributed by atoms with Gasteiger partial charge in [-0.1, -0.05) is 24.3 Å². The molecule has 262 valence electrons. The van der Waals surface area contributed by atoms with Crippen LogP contribution in [0.3, 0.4) is 0 Å². The number of rotatable bonds is 9. The number of fused-ring (bicyclic) bond motifs is 1. The summed E-state index contributed by atoms with van der Waals surface area (Å²) in [6, 6.07) is 27.6. The Morgan fingerprint density at radius 1 is 0.500 bits per heavy atom. The van der Waals surface area contributed by atoms with Crippen LogP contribution in [0, 0.1) is 0 Å². The fourth-order valence-electron chi connectivity index (χ4n) is 4.93. The number of benzene rings is 6. The van der Waals surface area contributed by atoms with E-state index in [9.17, 15) is 36.2 Å². The van der Waals surface area contributed by atoms with Crippen LogP contribution in [0.1, 0.15) is 0 Å². The highest BCUT2D eigenvalue weighted by atomic mass is 32.2. The SMILES string of the molecule is Nc1ccc(N=Nc2cc(S(=O)(=O)O)c3cc(S(=O)(=O)O)c(N=Nc4ccc(-c5ccc(N=Nc6ccc(O)cc6)cc5)cc4)c(O)c3c2N)cc1. The monoisotopic (exact) mass is 738 g/mol. The molecule has 0 heterocycles. The zero-order valence-electron chi connectivity index (χ0n) is 26.5. The molecule has 0 spiro atoms. The summed E-state index contributed by atoms with van der Waals surface area (Å²) in [5, 5.41) is 43.9. The van der Waals surface area contributed by atoms with Crippen molar-refractivity contribution in [2.45, 2.75) is 9.79 Å². The topological polar surface area (TPSA) is 275 Å². The Hall–Kier alpha value is -6.60.